The highest BCUT2D eigenvalue weighted by Crippen LogP contribution is 2.31. The lowest BCUT2D eigenvalue weighted by molar-refractivity contribution is -0.187. The van der Waals surface area contributed by atoms with E-state index in [1.807, 2.05) is 0 Å². The predicted octanol–water partition coefficient (Wildman–Crippen LogP) is -0.710. The van der Waals surface area contributed by atoms with Gasteiger partial charge in [0.15, 0.2) is 6.10 Å². The van der Waals surface area contributed by atoms with Gasteiger partial charge in [0.05, 0.1) is 6.42 Å². The van der Waals surface area contributed by atoms with Crippen LogP contribution in [-0.2, 0) is 19.2 Å². The second kappa shape index (κ2) is 11.6. The minimum atomic E-state index is -3.95. The first-order valence-electron chi connectivity index (χ1n) is 9.45. The van der Waals surface area contributed by atoms with Crippen molar-refractivity contribution in [3.8, 4) is 0 Å². The summed E-state index contributed by atoms with van der Waals surface area (Å²) in [6.45, 7) is 0. The Bertz CT molecular complexity index is 1040. The molecule has 13 heteroatoms. The molecule has 0 aromatic heterocycles. The van der Waals surface area contributed by atoms with Crippen molar-refractivity contribution in [1.29, 1.82) is 0 Å². The molecule has 0 amide bonds. The Morgan fingerprint density at radius 3 is 1.14 bits per heavy atom. The summed E-state index contributed by atoms with van der Waals surface area (Å²) in [6.07, 6.45) is -2.54. The van der Waals surface area contributed by atoms with Crippen LogP contribution in [0.2, 0.25) is 0 Å². The summed E-state index contributed by atoms with van der Waals surface area (Å²) in [6, 6.07) is 12.8. The molecule has 3 atom stereocenters. The third kappa shape index (κ3) is 6.11. The van der Waals surface area contributed by atoms with Gasteiger partial charge in [-0.3, -0.25) is 14.4 Å². The first-order valence-corrected chi connectivity index (χ1v) is 9.45. The van der Waals surface area contributed by atoms with Crippen molar-refractivity contribution in [2.75, 3.05) is 0 Å². The summed E-state index contributed by atoms with van der Waals surface area (Å²) in [7, 11) is 0. The molecule has 35 heavy (non-hydrogen) atoms. The molecule has 13 nitrogen and oxygen atoms in total. The quantitative estimate of drug-likeness (QED) is 0.160. The number of aliphatic carboxylic acids is 4. The zero-order valence-corrected chi connectivity index (χ0v) is 17.6. The van der Waals surface area contributed by atoms with E-state index >= 15 is 0 Å². The molecule has 0 aliphatic carbocycles. The molecule has 186 valence electrons. The van der Waals surface area contributed by atoms with Crippen LogP contribution in [-0.4, -0.2) is 88.5 Å². The molecule has 0 heterocycles. The minimum absolute atomic E-state index is 0.391. The van der Waals surface area contributed by atoms with Crippen LogP contribution in [0.15, 0.2) is 60.7 Å². The maximum absolute atomic E-state index is 12.6. The number of aliphatic hydroxyl groups excluding tert-OH is 1. The fourth-order valence-corrected chi connectivity index (χ4v) is 2.68. The van der Waals surface area contributed by atoms with E-state index in [1.165, 1.54) is 36.4 Å². The number of carbonyl (C=O) groups is 6. The predicted molar refractivity (Wildman–Crippen MR) is 113 cm³/mol. The average molecular weight is 492 g/mol. The fourth-order valence-electron chi connectivity index (χ4n) is 2.68. The maximum atomic E-state index is 12.6. The van der Waals surface area contributed by atoms with Crippen molar-refractivity contribution in [3.05, 3.63) is 71.8 Å². The van der Waals surface area contributed by atoms with Crippen molar-refractivity contribution in [1.82, 2.24) is 0 Å². The third-order valence-corrected chi connectivity index (χ3v) is 4.52. The van der Waals surface area contributed by atoms with Crippen LogP contribution in [0.1, 0.15) is 27.1 Å². The normalized spacial score (nSPS) is 14.6. The highest BCUT2D eigenvalue weighted by atomic mass is 16.5. The van der Waals surface area contributed by atoms with Gasteiger partial charge in [0.2, 0.25) is 11.6 Å². The zero-order chi connectivity index (χ0) is 27.0. The van der Waals surface area contributed by atoms with Crippen molar-refractivity contribution in [2.24, 2.45) is 0 Å². The van der Waals surface area contributed by atoms with Gasteiger partial charge >= 0.3 is 23.9 Å². The Balaban J connectivity index is 0.000000579. The van der Waals surface area contributed by atoms with E-state index in [0.717, 1.165) is 24.3 Å². The third-order valence-electron chi connectivity index (χ3n) is 4.52. The summed E-state index contributed by atoms with van der Waals surface area (Å²) < 4.78 is 0. The van der Waals surface area contributed by atoms with Gasteiger partial charge in [-0.2, -0.15) is 0 Å². The van der Waals surface area contributed by atoms with Crippen LogP contribution in [0, 0.1) is 0 Å². The first-order chi connectivity index (χ1) is 16.2. The summed E-state index contributed by atoms with van der Waals surface area (Å²) in [5.74, 6) is -10.9. The monoisotopic (exact) mass is 492 g/mol. The van der Waals surface area contributed by atoms with Crippen molar-refractivity contribution in [3.63, 3.8) is 0 Å². The van der Waals surface area contributed by atoms with E-state index in [4.69, 9.17) is 15.3 Å². The number of rotatable bonds is 10. The number of aliphatic hydroxyl groups is 3. The van der Waals surface area contributed by atoms with Gasteiger partial charge in [0.1, 0.15) is 0 Å². The molecular formula is C22H20O13. The maximum Gasteiger partial charge on any atom is 0.348 e. The van der Waals surface area contributed by atoms with Gasteiger partial charge in [0, 0.05) is 11.1 Å². The second-order valence-electron chi connectivity index (χ2n) is 6.87. The first kappa shape index (κ1) is 28.6. The number of carboxylic acids is 4. The smallest absolute Gasteiger partial charge is 0.348 e. The van der Waals surface area contributed by atoms with Crippen molar-refractivity contribution < 1.29 is 64.5 Å². The Morgan fingerprint density at radius 2 is 0.943 bits per heavy atom. The van der Waals surface area contributed by atoms with Gasteiger partial charge in [-0.05, 0) is 0 Å². The lowest BCUT2D eigenvalue weighted by Gasteiger charge is -2.34. The number of Topliss-reactive ketones (excluding diaryl/α,β-unsaturated/α-hetero) is 2. The summed E-state index contributed by atoms with van der Waals surface area (Å²) in [4.78, 5) is 67.9. The Labute approximate surface area is 196 Å². The molecule has 0 radical (unpaired) electrons. The topological polar surface area (TPSA) is 244 Å². The molecule has 2 aromatic carbocycles. The van der Waals surface area contributed by atoms with Gasteiger partial charge in [-0.15, -0.1) is 0 Å². The van der Waals surface area contributed by atoms with Crippen LogP contribution in [0.25, 0.3) is 0 Å². The summed E-state index contributed by atoms with van der Waals surface area (Å²) >= 11 is 0. The van der Waals surface area contributed by atoms with Gasteiger partial charge < -0.3 is 35.7 Å². The molecule has 2 aromatic rings. The van der Waals surface area contributed by atoms with Gasteiger partial charge in [-0.25, -0.2) is 14.4 Å². The summed E-state index contributed by atoms with van der Waals surface area (Å²) in [5.41, 5.74) is -8.68. The highest BCUT2D eigenvalue weighted by Gasteiger charge is 2.69. The number of carboxylic acid groups (broad SMARTS) is 4. The van der Waals surface area contributed by atoms with E-state index in [2.05, 4.69) is 0 Å². The molecule has 0 saturated carbocycles. The minimum Gasteiger partial charge on any atom is -0.481 e. The standard InChI is InChI=1S/C18H14O8.C4H6O5/c19-13(11-7-3-1-4-8-11)17(25,15(21)22)18(26,16(23)24)14(20)12-9-5-2-6-10-12;5-2(4(8)9)1-3(6)7/h1-10,25-26H,(H,21,22)(H,23,24);2,5H,1H2,(H,6,7)(H,8,9). The van der Waals surface area contributed by atoms with Crippen molar-refractivity contribution >= 4 is 35.4 Å². The van der Waals surface area contributed by atoms with Crippen LogP contribution in [0.5, 0.6) is 0 Å². The zero-order valence-electron chi connectivity index (χ0n) is 17.6. The second-order valence-corrected chi connectivity index (χ2v) is 6.87. The lowest BCUT2D eigenvalue weighted by atomic mass is 9.73. The van der Waals surface area contributed by atoms with Crippen LogP contribution < -0.4 is 0 Å². The number of benzene rings is 2. The van der Waals surface area contributed by atoms with E-state index in [1.54, 1.807) is 0 Å². The summed E-state index contributed by atoms with van der Waals surface area (Å²) in [5, 5.41) is 64.0. The van der Waals surface area contributed by atoms with Crippen LogP contribution in [0.4, 0.5) is 0 Å². The van der Waals surface area contributed by atoms with E-state index in [0.29, 0.717) is 0 Å². The lowest BCUT2D eigenvalue weighted by Crippen LogP contribution is -2.71. The number of carbonyl (C=O) groups excluding carboxylic acids is 2. The SMILES string of the molecule is O=C(O)C(O)(C(=O)c1ccccc1)C(O)(C(=O)O)C(=O)c1ccccc1.O=C(O)CC(O)C(=O)O. The van der Waals surface area contributed by atoms with E-state index < -0.39 is 70.3 Å². The molecule has 0 bridgehead atoms. The van der Waals surface area contributed by atoms with Gasteiger partial charge in [-0.1, -0.05) is 60.7 Å². The largest absolute Gasteiger partial charge is 0.481 e. The molecule has 0 aliphatic rings. The van der Waals surface area contributed by atoms with Crippen LogP contribution in [0.3, 0.4) is 0 Å². The molecule has 7 N–H and O–H groups in total. The Kier molecular flexibility index (Phi) is 9.47. The average Bonchev–Trinajstić information content (AvgIpc) is 2.82. The molecular weight excluding hydrogens is 472 g/mol. The fraction of sp³-hybridized carbons (Fsp3) is 0.182. The molecule has 3 unspecified atom stereocenters. The number of hydrogen-bond acceptors (Lipinski definition) is 9. The van der Waals surface area contributed by atoms with E-state index in [-0.39, 0.29) is 0 Å². The number of hydrogen-bond donors (Lipinski definition) is 7. The molecule has 0 fully saturated rings. The van der Waals surface area contributed by atoms with E-state index in [9.17, 15) is 49.2 Å². The van der Waals surface area contributed by atoms with Crippen molar-refractivity contribution in [2.45, 2.75) is 23.7 Å². The molecule has 0 saturated heterocycles. The number of ketones is 2. The highest BCUT2D eigenvalue weighted by molar-refractivity contribution is 6.28. The Hall–Kier alpha value is -4.46. The molecule has 0 aliphatic heterocycles. The Morgan fingerprint density at radius 1 is 0.629 bits per heavy atom. The van der Waals surface area contributed by atoms with Crippen LogP contribution >= 0.6 is 0 Å². The molecule has 0 spiro atoms. The van der Waals surface area contributed by atoms with Gasteiger partial charge in [0.25, 0.3) is 11.2 Å². The molecule has 2 rings (SSSR count).